The number of hydrogen-bond donors (Lipinski definition) is 4. The van der Waals surface area contributed by atoms with Crippen molar-refractivity contribution in [3.63, 3.8) is 0 Å². The van der Waals surface area contributed by atoms with Crippen LogP contribution in [0.5, 0.6) is 0 Å². The first-order valence-electron chi connectivity index (χ1n) is 13.0. The Morgan fingerprint density at radius 3 is 2.50 bits per heavy atom. The molecule has 0 saturated heterocycles. The van der Waals surface area contributed by atoms with Gasteiger partial charge in [0.25, 0.3) is 5.91 Å². The van der Waals surface area contributed by atoms with Gasteiger partial charge in [-0.2, -0.15) is 10.4 Å². The summed E-state index contributed by atoms with van der Waals surface area (Å²) in [6.45, 7) is 4.96. The predicted molar refractivity (Wildman–Crippen MR) is 146 cm³/mol. The molecule has 218 valence electrons. The molecule has 0 saturated carbocycles. The Morgan fingerprint density at radius 1 is 1.10 bits per heavy atom. The van der Waals surface area contributed by atoms with Crippen LogP contribution in [0.3, 0.4) is 0 Å². The van der Waals surface area contributed by atoms with Gasteiger partial charge in [0.2, 0.25) is 11.8 Å². The molecule has 1 unspecified atom stereocenters. The van der Waals surface area contributed by atoms with Gasteiger partial charge in [-0.3, -0.25) is 19.1 Å². The van der Waals surface area contributed by atoms with Crippen molar-refractivity contribution in [2.75, 3.05) is 13.2 Å². The van der Waals surface area contributed by atoms with Crippen LogP contribution >= 0.6 is 0 Å². The number of nitriles is 1. The minimum atomic E-state index is -1.05. The molecule has 0 aliphatic rings. The number of hydrogen-bond acceptors (Lipinski definition) is 9. The molecule has 4 rings (SSSR count). The number of amides is 3. The zero-order valence-electron chi connectivity index (χ0n) is 23.1. The van der Waals surface area contributed by atoms with Gasteiger partial charge in [0.1, 0.15) is 17.4 Å². The summed E-state index contributed by atoms with van der Waals surface area (Å²) in [5, 5.41) is 37.6. The van der Waals surface area contributed by atoms with Crippen LogP contribution in [-0.4, -0.2) is 62.0 Å². The summed E-state index contributed by atoms with van der Waals surface area (Å²) in [5.74, 6) is -2.85. The first kappa shape index (κ1) is 29.8. The normalized spacial score (nSPS) is 12.0. The van der Waals surface area contributed by atoms with Crippen LogP contribution in [0.2, 0.25) is 0 Å². The molecular formula is C28H29FN8O5. The third kappa shape index (κ3) is 6.76. The SMILES string of the molecule is CC(C)(C)C(NC(=O)c1nn(Cc2ccc(C#N)cc2)c2c(F)cccc12)C(=O)NCc1nnc(C(=O)NCCO)o1. The number of benzene rings is 2. The van der Waals surface area contributed by atoms with Gasteiger partial charge < -0.3 is 25.5 Å². The third-order valence-corrected chi connectivity index (χ3v) is 6.23. The van der Waals surface area contributed by atoms with E-state index in [0.29, 0.717) is 5.56 Å². The van der Waals surface area contributed by atoms with E-state index < -0.39 is 35.0 Å². The average molecular weight is 577 g/mol. The van der Waals surface area contributed by atoms with Crippen molar-refractivity contribution >= 4 is 28.6 Å². The Labute approximate surface area is 239 Å². The van der Waals surface area contributed by atoms with E-state index in [9.17, 15) is 18.8 Å². The monoisotopic (exact) mass is 576 g/mol. The lowest BCUT2D eigenvalue weighted by Crippen LogP contribution is -2.53. The second kappa shape index (κ2) is 12.6. The fourth-order valence-corrected chi connectivity index (χ4v) is 4.13. The Kier molecular flexibility index (Phi) is 8.92. The summed E-state index contributed by atoms with van der Waals surface area (Å²) in [4.78, 5) is 38.6. The van der Waals surface area contributed by atoms with E-state index in [1.165, 1.54) is 16.8 Å². The van der Waals surface area contributed by atoms with E-state index in [-0.39, 0.29) is 54.6 Å². The van der Waals surface area contributed by atoms with Crippen LogP contribution in [0, 0.1) is 22.6 Å². The average Bonchev–Trinajstić information content (AvgIpc) is 3.59. The molecule has 2 heterocycles. The molecule has 0 radical (unpaired) electrons. The van der Waals surface area contributed by atoms with Crippen molar-refractivity contribution in [2.24, 2.45) is 5.41 Å². The number of para-hydroxylation sites is 1. The van der Waals surface area contributed by atoms with Crippen LogP contribution in [0.25, 0.3) is 10.9 Å². The molecule has 0 aliphatic heterocycles. The highest BCUT2D eigenvalue weighted by Gasteiger charge is 2.34. The maximum Gasteiger partial charge on any atom is 0.308 e. The Balaban J connectivity index is 1.52. The topological polar surface area (TPSA) is 188 Å². The number of aromatic nitrogens is 4. The van der Waals surface area contributed by atoms with Gasteiger partial charge in [-0.15, -0.1) is 10.2 Å². The highest BCUT2D eigenvalue weighted by atomic mass is 19.1. The molecule has 1 atom stereocenters. The summed E-state index contributed by atoms with van der Waals surface area (Å²) < 4.78 is 21.6. The fraction of sp³-hybridized carbons (Fsp3) is 0.321. The Bertz CT molecular complexity index is 1650. The van der Waals surface area contributed by atoms with E-state index in [1.807, 2.05) is 6.07 Å². The lowest BCUT2D eigenvalue weighted by Gasteiger charge is -2.30. The van der Waals surface area contributed by atoms with Gasteiger partial charge in [-0.25, -0.2) is 4.39 Å². The number of rotatable bonds is 10. The van der Waals surface area contributed by atoms with E-state index in [0.717, 1.165) is 5.56 Å². The summed E-state index contributed by atoms with van der Waals surface area (Å²) in [7, 11) is 0. The summed E-state index contributed by atoms with van der Waals surface area (Å²) >= 11 is 0. The Morgan fingerprint density at radius 2 is 1.83 bits per heavy atom. The number of aliphatic hydroxyl groups excluding tert-OH is 1. The van der Waals surface area contributed by atoms with Gasteiger partial charge in [0.15, 0.2) is 5.69 Å². The molecule has 4 aromatic rings. The number of nitrogens with one attached hydrogen (secondary N) is 3. The van der Waals surface area contributed by atoms with Crippen molar-refractivity contribution in [1.82, 2.24) is 35.9 Å². The molecule has 0 bridgehead atoms. The molecule has 42 heavy (non-hydrogen) atoms. The molecular weight excluding hydrogens is 547 g/mol. The minimum Gasteiger partial charge on any atom is -0.415 e. The molecule has 0 fully saturated rings. The van der Waals surface area contributed by atoms with E-state index >= 15 is 0 Å². The molecule has 13 nitrogen and oxygen atoms in total. The van der Waals surface area contributed by atoms with Gasteiger partial charge in [-0.1, -0.05) is 45.0 Å². The second-order valence-corrected chi connectivity index (χ2v) is 10.4. The molecule has 14 heteroatoms. The third-order valence-electron chi connectivity index (χ3n) is 6.23. The van der Waals surface area contributed by atoms with Gasteiger partial charge in [0.05, 0.1) is 31.3 Å². The van der Waals surface area contributed by atoms with E-state index in [4.69, 9.17) is 14.8 Å². The van der Waals surface area contributed by atoms with Crippen molar-refractivity contribution in [3.05, 3.63) is 76.9 Å². The first-order valence-corrected chi connectivity index (χ1v) is 13.0. The largest absolute Gasteiger partial charge is 0.415 e. The lowest BCUT2D eigenvalue weighted by molar-refractivity contribution is -0.125. The van der Waals surface area contributed by atoms with E-state index in [1.54, 1.807) is 51.1 Å². The maximum atomic E-state index is 14.9. The standard InChI is InChI=1S/C28H29FN8O5/c1-28(2,3)23(25(40)32-14-20-34-35-27(42-20)26(41)31-11-12-38)33-24(39)21-18-5-4-6-19(29)22(18)37(36-21)15-17-9-7-16(13-30)8-10-17/h4-10,23,38H,11-12,14-15H2,1-3H3,(H,31,41)(H,32,40)(H,33,39). The lowest BCUT2D eigenvalue weighted by atomic mass is 9.86. The quantitative estimate of drug-likeness (QED) is 0.218. The smallest absolute Gasteiger partial charge is 0.308 e. The number of nitrogens with zero attached hydrogens (tertiary/aromatic N) is 5. The summed E-state index contributed by atoms with van der Waals surface area (Å²) in [6, 6.07) is 12.0. The summed E-state index contributed by atoms with van der Waals surface area (Å²) in [5.41, 5.74) is 0.533. The fourth-order valence-electron chi connectivity index (χ4n) is 4.13. The van der Waals surface area contributed by atoms with Crippen molar-refractivity contribution < 1.29 is 28.3 Å². The Hall–Kier alpha value is -5.16. The first-order chi connectivity index (χ1) is 20.0. The van der Waals surface area contributed by atoms with Gasteiger partial charge in [0, 0.05) is 11.9 Å². The zero-order valence-corrected chi connectivity index (χ0v) is 23.1. The van der Waals surface area contributed by atoms with Crippen molar-refractivity contribution in [3.8, 4) is 6.07 Å². The van der Waals surface area contributed by atoms with Gasteiger partial charge >= 0.3 is 11.8 Å². The van der Waals surface area contributed by atoms with Gasteiger partial charge in [-0.05, 0) is 29.2 Å². The number of aliphatic hydroxyl groups is 1. The van der Waals surface area contributed by atoms with Crippen LogP contribution in [0.4, 0.5) is 4.39 Å². The molecule has 0 aliphatic carbocycles. The van der Waals surface area contributed by atoms with Crippen LogP contribution in [-0.2, 0) is 17.9 Å². The summed E-state index contributed by atoms with van der Waals surface area (Å²) in [6.07, 6.45) is 0. The van der Waals surface area contributed by atoms with E-state index in [2.05, 4.69) is 31.2 Å². The minimum absolute atomic E-state index is 0.00977. The van der Waals surface area contributed by atoms with Crippen LogP contribution in [0.15, 0.2) is 46.9 Å². The molecule has 3 amide bonds. The number of carbonyl (C=O) groups is 3. The number of halogens is 1. The van der Waals surface area contributed by atoms with Crippen molar-refractivity contribution in [1.29, 1.82) is 5.26 Å². The molecule has 4 N–H and O–H groups in total. The molecule has 2 aromatic carbocycles. The number of carbonyl (C=O) groups excluding carboxylic acids is 3. The predicted octanol–water partition coefficient (Wildman–Crippen LogP) is 1.66. The van der Waals surface area contributed by atoms with Crippen LogP contribution < -0.4 is 16.0 Å². The van der Waals surface area contributed by atoms with Crippen LogP contribution in [0.1, 0.15) is 59.0 Å². The molecule has 2 aromatic heterocycles. The zero-order chi connectivity index (χ0) is 30.4. The molecule has 0 spiro atoms. The maximum absolute atomic E-state index is 14.9. The second-order valence-electron chi connectivity index (χ2n) is 10.4. The number of fused-ring (bicyclic) bond motifs is 1. The highest BCUT2D eigenvalue weighted by Crippen LogP contribution is 2.25. The van der Waals surface area contributed by atoms with Crippen molar-refractivity contribution in [2.45, 2.75) is 39.9 Å². The highest BCUT2D eigenvalue weighted by molar-refractivity contribution is 6.06.